The van der Waals surface area contributed by atoms with Crippen LogP contribution in [0.3, 0.4) is 0 Å². The van der Waals surface area contributed by atoms with Gasteiger partial charge in [-0.15, -0.1) is 0 Å². The Morgan fingerprint density at radius 3 is 2.45 bits per heavy atom. The molecule has 0 unspecified atom stereocenters. The van der Waals surface area contributed by atoms with Crippen LogP contribution in [-0.4, -0.2) is 63.8 Å². The summed E-state index contributed by atoms with van der Waals surface area (Å²) in [4.78, 5) is 8.68. The van der Waals surface area contributed by atoms with Crippen molar-refractivity contribution in [3.8, 4) is 0 Å². The standard InChI is InChI=1S/C15H20F2N4O/c16-15(17)21-13-4-2-1-3-12(13)18-14(21)11-20-7-5-19(6-8-20)9-10-22/h1-4,15,22H,5-11H2. The molecule has 0 bridgehead atoms. The molecule has 1 N–H and O–H groups in total. The molecule has 3 rings (SSSR count). The van der Waals surface area contributed by atoms with Gasteiger partial charge in [0.1, 0.15) is 5.82 Å². The fraction of sp³-hybridized carbons (Fsp3) is 0.533. The van der Waals surface area contributed by atoms with Gasteiger partial charge in [0.05, 0.1) is 24.2 Å². The van der Waals surface area contributed by atoms with Crippen molar-refractivity contribution in [3.05, 3.63) is 30.1 Å². The minimum Gasteiger partial charge on any atom is -0.395 e. The van der Waals surface area contributed by atoms with Gasteiger partial charge in [-0.05, 0) is 12.1 Å². The Kier molecular flexibility index (Phi) is 4.66. The molecule has 22 heavy (non-hydrogen) atoms. The van der Waals surface area contributed by atoms with Crippen molar-refractivity contribution in [2.45, 2.75) is 13.1 Å². The number of aliphatic hydroxyl groups excluding tert-OH is 1. The van der Waals surface area contributed by atoms with Gasteiger partial charge < -0.3 is 5.11 Å². The summed E-state index contributed by atoms with van der Waals surface area (Å²) in [6.07, 6.45) is 0. The quantitative estimate of drug-likeness (QED) is 0.910. The lowest BCUT2D eigenvalue weighted by Gasteiger charge is -2.34. The van der Waals surface area contributed by atoms with Crippen molar-refractivity contribution in [1.29, 1.82) is 0 Å². The average Bonchev–Trinajstić information content (AvgIpc) is 2.87. The topological polar surface area (TPSA) is 44.5 Å². The molecule has 1 aromatic carbocycles. The molecule has 0 atom stereocenters. The van der Waals surface area contributed by atoms with Crippen molar-refractivity contribution in [1.82, 2.24) is 19.4 Å². The first-order valence-corrected chi connectivity index (χ1v) is 7.48. The molecule has 120 valence electrons. The number of rotatable bonds is 5. The number of imidazole rings is 1. The molecular weight excluding hydrogens is 290 g/mol. The molecule has 2 heterocycles. The number of hydrogen-bond acceptors (Lipinski definition) is 4. The fourth-order valence-corrected chi connectivity index (χ4v) is 2.94. The van der Waals surface area contributed by atoms with Crippen LogP contribution in [0.5, 0.6) is 0 Å². The minimum absolute atomic E-state index is 0.154. The molecule has 0 aliphatic carbocycles. The Morgan fingerprint density at radius 1 is 1.09 bits per heavy atom. The molecular formula is C15H20F2N4O. The third kappa shape index (κ3) is 3.11. The molecule has 0 radical (unpaired) electrons. The largest absolute Gasteiger partial charge is 0.395 e. The van der Waals surface area contributed by atoms with E-state index in [0.29, 0.717) is 29.9 Å². The minimum atomic E-state index is -2.59. The maximum absolute atomic E-state index is 13.4. The van der Waals surface area contributed by atoms with Crippen molar-refractivity contribution in [2.75, 3.05) is 39.3 Å². The van der Waals surface area contributed by atoms with E-state index < -0.39 is 6.55 Å². The normalized spacial score (nSPS) is 17.6. The molecule has 1 aliphatic heterocycles. The monoisotopic (exact) mass is 310 g/mol. The van der Waals surface area contributed by atoms with Crippen LogP contribution >= 0.6 is 0 Å². The summed E-state index contributed by atoms with van der Waals surface area (Å²) in [5.41, 5.74) is 1.09. The fourth-order valence-electron chi connectivity index (χ4n) is 2.94. The maximum atomic E-state index is 13.4. The number of piperazine rings is 1. The second-order valence-corrected chi connectivity index (χ2v) is 5.51. The van der Waals surface area contributed by atoms with E-state index >= 15 is 0 Å². The molecule has 2 aromatic rings. The third-order valence-electron chi connectivity index (χ3n) is 4.11. The van der Waals surface area contributed by atoms with Crippen molar-refractivity contribution in [2.24, 2.45) is 0 Å². The molecule has 1 fully saturated rings. The van der Waals surface area contributed by atoms with Crippen LogP contribution in [0.2, 0.25) is 0 Å². The summed E-state index contributed by atoms with van der Waals surface area (Å²) in [6.45, 7) is 1.94. The van der Waals surface area contributed by atoms with Gasteiger partial charge >= 0.3 is 6.55 Å². The molecule has 1 saturated heterocycles. The third-order valence-corrected chi connectivity index (χ3v) is 4.11. The number of para-hydroxylation sites is 2. The van der Waals surface area contributed by atoms with Gasteiger partial charge in [-0.3, -0.25) is 14.4 Å². The second kappa shape index (κ2) is 6.68. The van der Waals surface area contributed by atoms with Crippen LogP contribution in [0.25, 0.3) is 11.0 Å². The second-order valence-electron chi connectivity index (χ2n) is 5.51. The van der Waals surface area contributed by atoms with E-state index in [2.05, 4.69) is 14.8 Å². The number of benzene rings is 1. The first-order valence-electron chi connectivity index (χ1n) is 7.48. The molecule has 0 saturated carbocycles. The van der Waals surface area contributed by atoms with Crippen molar-refractivity contribution in [3.63, 3.8) is 0 Å². The van der Waals surface area contributed by atoms with Gasteiger partial charge in [0, 0.05) is 32.7 Å². The Hall–Kier alpha value is -1.57. The van der Waals surface area contributed by atoms with Crippen LogP contribution in [0.4, 0.5) is 8.78 Å². The van der Waals surface area contributed by atoms with Gasteiger partial charge in [-0.2, -0.15) is 8.78 Å². The number of alkyl halides is 2. The summed E-state index contributed by atoms with van der Waals surface area (Å²) in [5.74, 6) is 0.409. The van der Waals surface area contributed by atoms with Crippen LogP contribution in [0.1, 0.15) is 12.4 Å². The zero-order valence-electron chi connectivity index (χ0n) is 12.3. The van der Waals surface area contributed by atoms with Crippen molar-refractivity contribution >= 4 is 11.0 Å². The summed E-state index contributed by atoms with van der Waals surface area (Å²) < 4.78 is 27.8. The van der Waals surface area contributed by atoms with E-state index in [1.807, 2.05) is 6.07 Å². The number of hydrogen-bond donors (Lipinski definition) is 1. The summed E-state index contributed by atoms with van der Waals surface area (Å²) in [7, 11) is 0. The Bertz CT molecular complexity index is 623. The van der Waals surface area contributed by atoms with Crippen molar-refractivity contribution < 1.29 is 13.9 Å². The number of nitrogens with zero attached hydrogens (tertiary/aromatic N) is 4. The molecule has 0 amide bonds. The summed E-state index contributed by atoms with van der Waals surface area (Å²) in [5, 5.41) is 8.95. The zero-order valence-corrected chi connectivity index (χ0v) is 12.3. The predicted octanol–water partition coefficient (Wildman–Crippen LogP) is 1.54. The Morgan fingerprint density at radius 2 is 1.77 bits per heavy atom. The number of β-amino-alcohol motifs (C(OH)–C–C–N with tert-alkyl or cyclic N) is 1. The highest BCUT2D eigenvalue weighted by atomic mass is 19.3. The molecule has 7 heteroatoms. The number of aromatic nitrogens is 2. The van der Waals surface area contributed by atoms with Crippen LogP contribution in [0.15, 0.2) is 24.3 Å². The average molecular weight is 310 g/mol. The van der Waals surface area contributed by atoms with E-state index in [1.54, 1.807) is 18.2 Å². The number of aliphatic hydroxyl groups is 1. The molecule has 0 spiro atoms. The van der Waals surface area contributed by atoms with Gasteiger partial charge in [0.2, 0.25) is 0 Å². The van der Waals surface area contributed by atoms with E-state index in [0.717, 1.165) is 30.7 Å². The lowest BCUT2D eigenvalue weighted by molar-refractivity contribution is 0.0636. The summed E-state index contributed by atoms with van der Waals surface area (Å²) >= 11 is 0. The Balaban J connectivity index is 1.75. The number of halogens is 2. The lowest BCUT2D eigenvalue weighted by Crippen LogP contribution is -2.46. The molecule has 1 aromatic heterocycles. The van der Waals surface area contributed by atoms with Gasteiger partial charge in [0.25, 0.3) is 0 Å². The van der Waals surface area contributed by atoms with E-state index in [9.17, 15) is 8.78 Å². The maximum Gasteiger partial charge on any atom is 0.320 e. The highest BCUT2D eigenvalue weighted by Gasteiger charge is 2.22. The van der Waals surface area contributed by atoms with Crippen LogP contribution in [-0.2, 0) is 6.54 Å². The van der Waals surface area contributed by atoms with Crippen LogP contribution in [0, 0.1) is 0 Å². The Labute approximate surface area is 127 Å². The van der Waals surface area contributed by atoms with Gasteiger partial charge in [-0.25, -0.2) is 4.98 Å². The zero-order chi connectivity index (χ0) is 15.5. The highest BCUT2D eigenvalue weighted by molar-refractivity contribution is 5.75. The van der Waals surface area contributed by atoms with E-state index in [1.165, 1.54) is 0 Å². The predicted molar refractivity (Wildman–Crippen MR) is 79.8 cm³/mol. The van der Waals surface area contributed by atoms with E-state index in [-0.39, 0.29) is 6.61 Å². The number of fused-ring (bicyclic) bond motifs is 1. The van der Waals surface area contributed by atoms with Gasteiger partial charge in [-0.1, -0.05) is 12.1 Å². The van der Waals surface area contributed by atoms with E-state index in [4.69, 9.17) is 5.11 Å². The first-order chi connectivity index (χ1) is 10.7. The lowest BCUT2D eigenvalue weighted by atomic mass is 10.3. The highest BCUT2D eigenvalue weighted by Crippen LogP contribution is 2.24. The molecule has 1 aliphatic rings. The first kappa shape index (κ1) is 15.3. The molecule has 5 nitrogen and oxygen atoms in total. The smallest absolute Gasteiger partial charge is 0.320 e. The summed E-state index contributed by atoms with van der Waals surface area (Å²) in [6, 6.07) is 7.00. The van der Waals surface area contributed by atoms with Crippen LogP contribution < -0.4 is 0 Å². The van der Waals surface area contributed by atoms with Gasteiger partial charge in [0.15, 0.2) is 0 Å². The SMILES string of the molecule is OCCN1CCN(Cc2nc3ccccc3n2C(F)F)CC1.